The first-order valence-electron chi connectivity index (χ1n) is 15.3. The number of hydrogen-bond acceptors (Lipinski definition) is 7. The molecular weight excluding hydrogens is 570 g/mol. The Kier molecular flexibility index (Phi) is 10.2. The minimum absolute atomic E-state index is 0.0230. The van der Waals surface area contributed by atoms with Gasteiger partial charge in [0.1, 0.15) is 11.5 Å². The highest BCUT2D eigenvalue weighted by molar-refractivity contribution is 7.89. The van der Waals surface area contributed by atoms with Crippen LogP contribution in [0.15, 0.2) is 47.4 Å². The molecule has 1 N–H and O–H groups in total. The first-order valence-corrected chi connectivity index (χ1v) is 16.8. The molecule has 0 saturated carbocycles. The molecule has 2 amide bonds. The number of likely N-dealkylation sites (tertiary alicyclic amines) is 1. The Hall–Kier alpha value is -3.15. The molecule has 234 valence electrons. The van der Waals surface area contributed by atoms with E-state index in [0.717, 1.165) is 44.3 Å². The van der Waals surface area contributed by atoms with E-state index in [-0.39, 0.29) is 40.8 Å². The molecule has 0 bridgehead atoms. The van der Waals surface area contributed by atoms with E-state index in [0.29, 0.717) is 58.0 Å². The van der Waals surface area contributed by atoms with Crippen molar-refractivity contribution < 1.29 is 32.2 Å². The second-order valence-electron chi connectivity index (χ2n) is 11.7. The molecule has 3 aliphatic rings. The number of fused-ring (bicyclic) bond motifs is 1. The number of carbonyl (C=O) groups excluding carboxylic acids is 2. The quantitative estimate of drug-likeness (QED) is 0.560. The second kappa shape index (κ2) is 14.1. The van der Waals surface area contributed by atoms with E-state index in [4.69, 9.17) is 14.2 Å². The van der Waals surface area contributed by atoms with Gasteiger partial charge in [0.05, 0.1) is 37.4 Å². The highest BCUT2D eigenvalue weighted by Gasteiger charge is 2.37. The van der Waals surface area contributed by atoms with Crippen LogP contribution in [-0.4, -0.2) is 89.1 Å². The molecule has 3 heterocycles. The van der Waals surface area contributed by atoms with Crippen LogP contribution in [0.25, 0.3) is 0 Å². The molecule has 10 nitrogen and oxygen atoms in total. The highest BCUT2D eigenvalue weighted by Crippen LogP contribution is 2.38. The van der Waals surface area contributed by atoms with Gasteiger partial charge in [-0.3, -0.25) is 9.59 Å². The third-order valence-corrected chi connectivity index (χ3v) is 10.9. The molecule has 0 atom stereocenters. The zero-order valence-corrected chi connectivity index (χ0v) is 25.8. The summed E-state index contributed by atoms with van der Waals surface area (Å²) in [7, 11) is -2.28. The van der Waals surface area contributed by atoms with Crippen molar-refractivity contribution in [2.45, 2.75) is 56.3 Å². The summed E-state index contributed by atoms with van der Waals surface area (Å²) in [5.74, 6) is 1.03. The van der Waals surface area contributed by atoms with Crippen LogP contribution in [-0.2, 0) is 26.0 Å². The molecule has 0 aromatic heterocycles. The molecule has 0 radical (unpaired) electrons. The van der Waals surface area contributed by atoms with Gasteiger partial charge in [0.15, 0.2) is 0 Å². The van der Waals surface area contributed by atoms with Gasteiger partial charge in [0.2, 0.25) is 15.9 Å². The number of benzene rings is 2. The molecule has 0 aliphatic carbocycles. The van der Waals surface area contributed by atoms with Gasteiger partial charge in [-0.05, 0) is 73.8 Å². The van der Waals surface area contributed by atoms with Crippen molar-refractivity contribution in [3.05, 3.63) is 53.6 Å². The maximum absolute atomic E-state index is 13.8. The number of piperidine rings is 1. The van der Waals surface area contributed by atoms with Crippen molar-refractivity contribution >= 4 is 21.8 Å². The summed E-state index contributed by atoms with van der Waals surface area (Å²) in [4.78, 5) is 28.3. The highest BCUT2D eigenvalue weighted by atomic mass is 32.2. The van der Waals surface area contributed by atoms with Crippen LogP contribution in [0.3, 0.4) is 0 Å². The van der Waals surface area contributed by atoms with Crippen LogP contribution in [0.4, 0.5) is 0 Å². The number of carbonyl (C=O) groups is 2. The maximum Gasteiger partial charge on any atom is 0.257 e. The zero-order chi connectivity index (χ0) is 30.3. The Morgan fingerprint density at radius 3 is 2.47 bits per heavy atom. The summed E-state index contributed by atoms with van der Waals surface area (Å²) < 4.78 is 44.7. The number of methoxy groups -OCH3 is 1. The molecule has 2 saturated heterocycles. The van der Waals surface area contributed by atoms with Crippen molar-refractivity contribution in [2.75, 3.05) is 59.7 Å². The Morgan fingerprint density at radius 1 is 0.930 bits per heavy atom. The van der Waals surface area contributed by atoms with Crippen molar-refractivity contribution in [1.82, 2.24) is 14.5 Å². The van der Waals surface area contributed by atoms with Crippen LogP contribution in [0, 0.1) is 5.41 Å². The van der Waals surface area contributed by atoms with E-state index in [1.54, 1.807) is 11.0 Å². The number of para-hydroxylation sites is 1. The standard InChI is InChI=1S/C32H43N3O7S/c1-40-29-12-11-26(43(38,39)35-18-21-41-22-19-35)23-27(29)31(37)34-16-14-32(15-17-34)13-5-4-8-25-7-2-3-9-28(25)42-20-6-10-30(36)33-24-32/h2-3,7,9,11-12,23H,4-6,8,10,13-22,24H2,1H3,(H,33,36). The average Bonchev–Trinajstić information content (AvgIpc) is 3.04. The van der Waals surface area contributed by atoms with E-state index in [2.05, 4.69) is 11.4 Å². The fraction of sp³-hybridized carbons (Fsp3) is 0.562. The lowest BCUT2D eigenvalue weighted by molar-refractivity contribution is -0.122. The minimum atomic E-state index is -3.77. The van der Waals surface area contributed by atoms with E-state index in [1.165, 1.54) is 29.1 Å². The SMILES string of the molecule is COc1ccc(S(=O)(=O)N2CCOCC2)cc1C(=O)N1CCC2(CCCCc3ccccc3OCCCC(=O)NC2)CC1. The number of amides is 2. The fourth-order valence-corrected chi connectivity index (χ4v) is 7.71. The molecule has 2 aromatic carbocycles. The maximum atomic E-state index is 13.8. The van der Waals surface area contributed by atoms with E-state index >= 15 is 0 Å². The predicted molar refractivity (Wildman–Crippen MR) is 162 cm³/mol. The largest absolute Gasteiger partial charge is 0.496 e. The fourth-order valence-electron chi connectivity index (χ4n) is 6.28. The second-order valence-corrected chi connectivity index (χ2v) is 13.7. The lowest BCUT2D eigenvalue weighted by Gasteiger charge is -2.42. The Labute approximate surface area is 254 Å². The van der Waals surface area contributed by atoms with Gasteiger partial charge in [0, 0.05) is 39.1 Å². The van der Waals surface area contributed by atoms with Crippen LogP contribution in [0.2, 0.25) is 0 Å². The molecule has 1 spiro atoms. The van der Waals surface area contributed by atoms with E-state index in [9.17, 15) is 18.0 Å². The smallest absolute Gasteiger partial charge is 0.257 e. The van der Waals surface area contributed by atoms with Gasteiger partial charge in [-0.25, -0.2) is 8.42 Å². The summed E-state index contributed by atoms with van der Waals surface area (Å²) in [6.07, 6.45) is 6.49. The van der Waals surface area contributed by atoms with Crippen molar-refractivity contribution in [3.63, 3.8) is 0 Å². The third-order valence-electron chi connectivity index (χ3n) is 8.96. The van der Waals surface area contributed by atoms with Gasteiger partial charge in [0.25, 0.3) is 5.91 Å². The summed E-state index contributed by atoms with van der Waals surface area (Å²) in [5.41, 5.74) is 1.34. The third kappa shape index (κ3) is 7.50. The van der Waals surface area contributed by atoms with Gasteiger partial charge in [-0.1, -0.05) is 24.6 Å². The number of nitrogens with zero attached hydrogens (tertiary/aromatic N) is 2. The van der Waals surface area contributed by atoms with Crippen LogP contribution in [0.1, 0.15) is 60.9 Å². The summed E-state index contributed by atoms with van der Waals surface area (Å²) in [6.45, 7) is 3.39. The molecule has 43 heavy (non-hydrogen) atoms. The van der Waals surface area contributed by atoms with Gasteiger partial charge in [-0.15, -0.1) is 0 Å². The van der Waals surface area contributed by atoms with E-state index < -0.39 is 10.0 Å². The molecule has 3 aliphatic heterocycles. The first-order chi connectivity index (χ1) is 20.8. The molecule has 2 aromatic rings. The molecule has 0 unspecified atom stereocenters. The summed E-state index contributed by atoms with van der Waals surface area (Å²) in [6, 6.07) is 12.6. The van der Waals surface area contributed by atoms with Crippen LogP contribution >= 0.6 is 0 Å². The number of aryl methyl sites for hydroxylation is 1. The van der Waals surface area contributed by atoms with Gasteiger partial charge in [-0.2, -0.15) is 4.31 Å². The lowest BCUT2D eigenvalue weighted by atomic mass is 9.74. The zero-order valence-electron chi connectivity index (χ0n) is 25.0. The van der Waals surface area contributed by atoms with Crippen molar-refractivity contribution in [1.29, 1.82) is 0 Å². The Morgan fingerprint density at radius 2 is 1.70 bits per heavy atom. The molecule has 2 fully saturated rings. The number of nitrogens with one attached hydrogen (secondary N) is 1. The number of rotatable bonds is 4. The first kappa shape index (κ1) is 31.3. The number of ether oxygens (including phenoxy) is 3. The van der Waals surface area contributed by atoms with Gasteiger partial charge < -0.3 is 24.4 Å². The molecule has 11 heteroatoms. The number of hydrogen-bond donors (Lipinski definition) is 1. The lowest BCUT2D eigenvalue weighted by Crippen LogP contribution is -2.48. The Balaban J connectivity index is 1.28. The van der Waals surface area contributed by atoms with Gasteiger partial charge >= 0.3 is 0 Å². The molecule has 5 rings (SSSR count). The number of morpholine rings is 1. The summed E-state index contributed by atoms with van der Waals surface area (Å²) >= 11 is 0. The summed E-state index contributed by atoms with van der Waals surface area (Å²) in [5, 5.41) is 3.17. The monoisotopic (exact) mass is 613 g/mol. The number of sulfonamides is 1. The van der Waals surface area contributed by atoms with E-state index in [1.807, 2.05) is 18.2 Å². The minimum Gasteiger partial charge on any atom is -0.496 e. The Bertz CT molecular complexity index is 1380. The van der Waals surface area contributed by atoms with Crippen LogP contribution in [0.5, 0.6) is 11.5 Å². The van der Waals surface area contributed by atoms with Crippen molar-refractivity contribution in [3.8, 4) is 11.5 Å². The molecular formula is C32H43N3O7S. The van der Waals surface area contributed by atoms with Crippen molar-refractivity contribution in [2.24, 2.45) is 5.41 Å². The average molecular weight is 614 g/mol. The topological polar surface area (TPSA) is 114 Å². The van der Waals surface area contributed by atoms with Crippen LogP contribution < -0.4 is 14.8 Å². The predicted octanol–water partition coefficient (Wildman–Crippen LogP) is 3.64. The normalized spacial score (nSPS) is 20.8.